The summed E-state index contributed by atoms with van der Waals surface area (Å²) >= 11 is 6.15. The molecule has 2 bridgehead atoms. The van der Waals surface area contributed by atoms with Crippen LogP contribution in [0, 0.1) is 13.8 Å². The van der Waals surface area contributed by atoms with Crippen LogP contribution in [0.4, 0.5) is 16.0 Å². The van der Waals surface area contributed by atoms with Crippen LogP contribution >= 0.6 is 11.6 Å². The van der Waals surface area contributed by atoms with Crippen LogP contribution in [0.1, 0.15) is 11.3 Å². The van der Waals surface area contributed by atoms with E-state index in [9.17, 15) is 4.39 Å². The number of alkyl halides is 1. The lowest BCUT2D eigenvalue weighted by molar-refractivity contribution is 0.171. The number of halogens is 2. The predicted molar refractivity (Wildman–Crippen MR) is 111 cm³/mol. The van der Waals surface area contributed by atoms with Crippen LogP contribution < -0.4 is 14.8 Å². The Labute approximate surface area is 181 Å². The lowest BCUT2D eigenvalue weighted by atomic mass is 10.3. The molecule has 5 heterocycles. The Hall–Kier alpha value is -3.47. The molecule has 4 aromatic rings. The van der Waals surface area contributed by atoms with Gasteiger partial charge in [0, 0.05) is 12.4 Å². The van der Waals surface area contributed by atoms with Gasteiger partial charge in [-0.2, -0.15) is 10.1 Å². The zero-order chi connectivity index (χ0) is 21.7. The molecule has 0 spiro atoms. The van der Waals surface area contributed by atoms with E-state index in [1.54, 1.807) is 17.1 Å². The summed E-state index contributed by atoms with van der Waals surface area (Å²) < 4.78 is 28.9. The molecule has 1 aliphatic heterocycles. The van der Waals surface area contributed by atoms with Gasteiger partial charge in [-0.25, -0.2) is 23.7 Å². The summed E-state index contributed by atoms with van der Waals surface area (Å²) in [5.74, 6) is 0.893. The van der Waals surface area contributed by atoms with E-state index in [1.165, 1.54) is 11.8 Å². The molecule has 1 aliphatic rings. The highest BCUT2D eigenvalue weighted by Crippen LogP contribution is 2.35. The van der Waals surface area contributed by atoms with Gasteiger partial charge in [0.15, 0.2) is 17.0 Å². The predicted octanol–water partition coefficient (Wildman–Crippen LogP) is 3.16. The minimum absolute atomic E-state index is 0.0652. The molecule has 1 atom stereocenters. The fourth-order valence-electron chi connectivity index (χ4n) is 3.44. The maximum absolute atomic E-state index is 14.7. The summed E-state index contributed by atoms with van der Waals surface area (Å²) in [4.78, 5) is 13.1. The molecule has 31 heavy (non-hydrogen) atoms. The number of aryl methyl sites for hydroxylation is 1. The van der Waals surface area contributed by atoms with E-state index < -0.39 is 6.17 Å². The third kappa shape index (κ3) is 3.30. The Balaban J connectivity index is 1.67. The fraction of sp³-hybridized carbons (Fsp3) is 0.316. The lowest BCUT2D eigenvalue weighted by Gasteiger charge is -2.10. The van der Waals surface area contributed by atoms with Crippen molar-refractivity contribution in [1.29, 1.82) is 0 Å². The number of hydrogen-bond acceptors (Lipinski definition) is 8. The first kappa shape index (κ1) is 19.5. The Morgan fingerprint density at radius 3 is 2.90 bits per heavy atom. The van der Waals surface area contributed by atoms with Crippen LogP contribution in [0.3, 0.4) is 0 Å². The molecule has 12 heteroatoms. The second-order valence-electron chi connectivity index (χ2n) is 7.16. The van der Waals surface area contributed by atoms with Crippen molar-refractivity contribution in [2.45, 2.75) is 26.6 Å². The van der Waals surface area contributed by atoms with E-state index in [-0.39, 0.29) is 30.1 Å². The number of nitrogens with one attached hydrogen (secondary N) is 1. The average Bonchev–Trinajstić information content (AvgIpc) is 3.22. The summed E-state index contributed by atoms with van der Waals surface area (Å²) in [6.07, 6.45) is 1.90. The van der Waals surface area contributed by atoms with Gasteiger partial charge in [-0.3, -0.25) is 0 Å². The van der Waals surface area contributed by atoms with Gasteiger partial charge in [-0.1, -0.05) is 11.6 Å². The topological polar surface area (TPSA) is 105 Å². The molecule has 1 N–H and O–H groups in total. The van der Waals surface area contributed by atoms with Crippen molar-refractivity contribution in [2.75, 3.05) is 19.0 Å². The van der Waals surface area contributed by atoms with Crippen LogP contribution in [0.2, 0.25) is 5.15 Å². The number of rotatable bonds is 2. The van der Waals surface area contributed by atoms with Gasteiger partial charge in [0.25, 0.3) is 5.88 Å². The fourth-order valence-corrected chi connectivity index (χ4v) is 3.66. The van der Waals surface area contributed by atoms with Crippen molar-refractivity contribution >= 4 is 34.3 Å². The van der Waals surface area contributed by atoms with Crippen molar-refractivity contribution < 1.29 is 13.9 Å². The number of aromatic nitrogens is 7. The SMILES string of the molecule is COc1ncc(C)cc1-n1nc2c(c1C)Nc1ncc3c(Cl)nn(c3n1)C[C@@H](F)CO2. The number of anilines is 2. The third-order valence-corrected chi connectivity index (χ3v) is 5.21. The van der Waals surface area contributed by atoms with Crippen molar-refractivity contribution in [2.24, 2.45) is 0 Å². The van der Waals surface area contributed by atoms with Crippen molar-refractivity contribution in [3.8, 4) is 17.4 Å². The Morgan fingerprint density at radius 1 is 1.26 bits per heavy atom. The zero-order valence-electron chi connectivity index (χ0n) is 16.9. The van der Waals surface area contributed by atoms with Gasteiger partial charge in [-0.15, -0.1) is 5.10 Å². The first-order chi connectivity index (χ1) is 14.9. The van der Waals surface area contributed by atoms with Gasteiger partial charge < -0.3 is 14.8 Å². The van der Waals surface area contributed by atoms with E-state index >= 15 is 0 Å². The number of pyridine rings is 1. The number of nitrogens with zero attached hydrogens (tertiary/aromatic N) is 7. The van der Waals surface area contributed by atoms with Crippen LogP contribution in [-0.2, 0) is 6.54 Å². The molecule has 4 aromatic heterocycles. The summed E-state index contributed by atoms with van der Waals surface area (Å²) in [5, 5.41) is 12.6. The third-order valence-electron chi connectivity index (χ3n) is 4.93. The second-order valence-corrected chi connectivity index (χ2v) is 7.51. The van der Waals surface area contributed by atoms with Crippen LogP contribution in [0.25, 0.3) is 16.7 Å². The van der Waals surface area contributed by atoms with E-state index in [0.29, 0.717) is 34.0 Å². The maximum Gasteiger partial charge on any atom is 0.257 e. The summed E-state index contributed by atoms with van der Waals surface area (Å²) in [5.41, 5.74) is 3.19. The Bertz CT molecular complexity index is 1300. The minimum Gasteiger partial charge on any atom is -0.479 e. The number of methoxy groups -OCH3 is 1. The first-order valence-corrected chi connectivity index (χ1v) is 9.86. The van der Waals surface area contributed by atoms with Crippen LogP contribution in [-0.4, -0.2) is 54.4 Å². The molecule has 160 valence electrons. The largest absolute Gasteiger partial charge is 0.479 e. The van der Waals surface area contributed by atoms with Crippen molar-refractivity contribution in [1.82, 2.24) is 34.5 Å². The van der Waals surface area contributed by atoms with Crippen molar-refractivity contribution in [3.05, 3.63) is 34.9 Å². The molecule has 0 unspecified atom stereocenters. The first-order valence-electron chi connectivity index (χ1n) is 9.48. The molecular formula is C19H18ClFN8O2. The van der Waals surface area contributed by atoms with Gasteiger partial charge >= 0.3 is 0 Å². The summed E-state index contributed by atoms with van der Waals surface area (Å²) in [6, 6.07) is 1.89. The molecule has 0 aliphatic carbocycles. The molecule has 10 nitrogen and oxygen atoms in total. The monoisotopic (exact) mass is 444 g/mol. The molecule has 0 aromatic carbocycles. The normalized spacial score (nSPS) is 15.8. The molecule has 0 saturated carbocycles. The lowest BCUT2D eigenvalue weighted by Crippen LogP contribution is -2.20. The van der Waals surface area contributed by atoms with E-state index in [2.05, 4.69) is 30.5 Å². The molecule has 0 amide bonds. The summed E-state index contributed by atoms with van der Waals surface area (Å²) in [7, 11) is 1.54. The maximum atomic E-state index is 14.7. The second kappa shape index (κ2) is 7.34. The number of ether oxygens (including phenoxy) is 2. The minimum atomic E-state index is -1.36. The van der Waals surface area contributed by atoms with Crippen molar-refractivity contribution in [3.63, 3.8) is 0 Å². The standard InChI is InChI=1S/C19H18ClFN8O2/c1-9-4-13(17(30-3)22-5-9)29-10(2)14-18(27-29)31-8-11(21)7-28-16-12(15(20)26-28)6-23-19(24-14)25-16/h4-6,11H,7-8H2,1-3H3,(H,23,24,25)/t11-/m1/s1. The highest BCUT2D eigenvalue weighted by Gasteiger charge is 2.24. The number of fused-ring (bicyclic) bond motifs is 2. The van der Waals surface area contributed by atoms with Gasteiger partial charge in [0.1, 0.15) is 18.0 Å². The Morgan fingerprint density at radius 2 is 2.10 bits per heavy atom. The molecule has 0 saturated heterocycles. The van der Waals surface area contributed by atoms with E-state index in [4.69, 9.17) is 21.1 Å². The molecular weight excluding hydrogens is 427 g/mol. The van der Waals surface area contributed by atoms with Crippen LogP contribution in [0.5, 0.6) is 11.8 Å². The molecule has 5 rings (SSSR count). The molecule has 0 fully saturated rings. The smallest absolute Gasteiger partial charge is 0.257 e. The average molecular weight is 445 g/mol. The van der Waals surface area contributed by atoms with Gasteiger partial charge in [-0.05, 0) is 25.5 Å². The van der Waals surface area contributed by atoms with Crippen LogP contribution in [0.15, 0.2) is 18.5 Å². The number of hydrogen-bond donors (Lipinski definition) is 1. The highest BCUT2D eigenvalue weighted by atomic mass is 35.5. The molecule has 0 radical (unpaired) electrons. The summed E-state index contributed by atoms with van der Waals surface area (Å²) in [6.45, 7) is 3.47. The quantitative estimate of drug-likeness (QED) is 0.502. The Kier molecular flexibility index (Phi) is 4.62. The van der Waals surface area contributed by atoms with E-state index in [1.807, 2.05) is 19.9 Å². The zero-order valence-corrected chi connectivity index (χ0v) is 17.7. The van der Waals surface area contributed by atoms with Gasteiger partial charge in [0.2, 0.25) is 11.8 Å². The highest BCUT2D eigenvalue weighted by molar-refractivity contribution is 6.34. The van der Waals surface area contributed by atoms with E-state index in [0.717, 1.165) is 5.56 Å². The van der Waals surface area contributed by atoms with Gasteiger partial charge in [0.05, 0.1) is 24.7 Å².